The Bertz CT molecular complexity index is 938. The van der Waals surface area contributed by atoms with Crippen LogP contribution in [0.3, 0.4) is 0 Å². The molecule has 0 bridgehead atoms. The van der Waals surface area contributed by atoms with E-state index in [4.69, 9.17) is 21.1 Å². The van der Waals surface area contributed by atoms with Crippen LogP contribution in [-0.2, 0) is 4.79 Å². The molecule has 6 nitrogen and oxygen atoms in total. The number of piperidine rings is 1. The molecule has 0 unspecified atom stereocenters. The highest BCUT2D eigenvalue weighted by Crippen LogP contribution is 2.38. The highest BCUT2D eigenvalue weighted by molar-refractivity contribution is 6.34. The van der Waals surface area contributed by atoms with E-state index in [-0.39, 0.29) is 17.7 Å². The van der Waals surface area contributed by atoms with Gasteiger partial charge in [-0.3, -0.25) is 9.59 Å². The highest BCUT2D eigenvalue weighted by atomic mass is 35.5. The zero-order chi connectivity index (χ0) is 20.4. The minimum atomic E-state index is -0.166. The Morgan fingerprint density at radius 3 is 2.41 bits per heavy atom. The number of anilines is 1. The average Bonchev–Trinajstić information content (AvgIpc) is 2.74. The lowest BCUT2D eigenvalue weighted by Crippen LogP contribution is -2.41. The lowest BCUT2D eigenvalue weighted by molar-refractivity contribution is -0.121. The zero-order valence-corrected chi connectivity index (χ0v) is 17.0. The number of fused-ring (bicyclic) bond motifs is 1. The van der Waals surface area contributed by atoms with Crippen molar-refractivity contribution in [1.82, 2.24) is 4.90 Å². The molecule has 0 atom stereocenters. The molecule has 0 aromatic heterocycles. The molecular weight excluding hydrogens is 392 g/mol. The summed E-state index contributed by atoms with van der Waals surface area (Å²) in [5, 5.41) is 3.32. The average molecular weight is 415 g/mol. The second kappa shape index (κ2) is 8.33. The second-order valence-corrected chi connectivity index (χ2v) is 7.75. The maximum absolute atomic E-state index is 12.8. The van der Waals surface area contributed by atoms with Gasteiger partial charge in [0.05, 0.1) is 10.7 Å². The zero-order valence-electron chi connectivity index (χ0n) is 16.2. The Morgan fingerprint density at radius 1 is 1.07 bits per heavy atom. The standard InChI is InChI=1S/C22H23ClN2O4/c1-14-4-2-3-5-16(14)22(27)25-8-6-15(7-9-25)21(26)24-18-13-20-19(12-17(18)23)28-10-11-29-20/h2-5,12-13,15H,6-11H2,1H3,(H,24,26). The molecule has 2 aromatic carbocycles. The van der Waals surface area contributed by atoms with Crippen LogP contribution >= 0.6 is 11.6 Å². The van der Waals surface area contributed by atoms with Crippen LogP contribution in [0.5, 0.6) is 11.5 Å². The van der Waals surface area contributed by atoms with E-state index in [1.807, 2.05) is 36.1 Å². The van der Waals surface area contributed by atoms with Crippen LogP contribution in [0.2, 0.25) is 5.02 Å². The van der Waals surface area contributed by atoms with E-state index in [9.17, 15) is 9.59 Å². The largest absolute Gasteiger partial charge is 0.486 e. The normalized spacial score (nSPS) is 16.4. The number of benzene rings is 2. The molecule has 2 aliphatic heterocycles. The minimum absolute atomic E-state index is 0.0249. The van der Waals surface area contributed by atoms with Crippen LogP contribution in [0, 0.1) is 12.8 Å². The summed E-state index contributed by atoms with van der Waals surface area (Å²) in [7, 11) is 0. The van der Waals surface area contributed by atoms with Gasteiger partial charge in [-0.2, -0.15) is 0 Å². The van der Waals surface area contributed by atoms with Crippen LogP contribution in [0.25, 0.3) is 0 Å². The van der Waals surface area contributed by atoms with Crippen molar-refractivity contribution in [3.8, 4) is 11.5 Å². The van der Waals surface area contributed by atoms with Crippen molar-refractivity contribution in [3.05, 3.63) is 52.5 Å². The topological polar surface area (TPSA) is 67.9 Å². The first-order chi connectivity index (χ1) is 14.0. The third kappa shape index (κ3) is 4.17. The fourth-order valence-corrected chi connectivity index (χ4v) is 3.92. The number of hydrogen-bond donors (Lipinski definition) is 1. The summed E-state index contributed by atoms with van der Waals surface area (Å²) in [6.45, 7) is 4.00. The van der Waals surface area contributed by atoms with Crippen molar-refractivity contribution in [2.45, 2.75) is 19.8 Å². The Labute approximate surface area is 174 Å². The Hall–Kier alpha value is -2.73. The van der Waals surface area contributed by atoms with Gasteiger partial charge in [-0.25, -0.2) is 0 Å². The smallest absolute Gasteiger partial charge is 0.254 e. The number of likely N-dealkylation sites (tertiary alicyclic amines) is 1. The van der Waals surface area contributed by atoms with Gasteiger partial charge in [0.25, 0.3) is 5.91 Å². The fraction of sp³-hybridized carbons (Fsp3) is 0.364. The maximum Gasteiger partial charge on any atom is 0.254 e. The molecule has 2 amide bonds. The van der Waals surface area contributed by atoms with Crippen molar-refractivity contribution < 1.29 is 19.1 Å². The van der Waals surface area contributed by atoms with E-state index in [0.29, 0.717) is 61.4 Å². The third-order valence-corrected chi connectivity index (χ3v) is 5.73. The molecular formula is C22H23ClN2O4. The van der Waals surface area contributed by atoms with Crippen molar-refractivity contribution in [3.63, 3.8) is 0 Å². The number of aryl methyl sites for hydroxylation is 1. The maximum atomic E-state index is 12.8. The van der Waals surface area contributed by atoms with E-state index in [2.05, 4.69) is 5.32 Å². The van der Waals surface area contributed by atoms with E-state index in [0.717, 1.165) is 11.1 Å². The predicted molar refractivity (Wildman–Crippen MR) is 111 cm³/mol. The third-order valence-electron chi connectivity index (χ3n) is 5.42. The van der Waals surface area contributed by atoms with E-state index < -0.39 is 0 Å². The second-order valence-electron chi connectivity index (χ2n) is 7.35. The number of hydrogen-bond acceptors (Lipinski definition) is 4. The van der Waals surface area contributed by atoms with Crippen molar-refractivity contribution in [2.75, 3.05) is 31.6 Å². The molecule has 0 aliphatic carbocycles. The summed E-state index contributed by atoms with van der Waals surface area (Å²) in [6.07, 6.45) is 1.23. The van der Waals surface area contributed by atoms with Gasteiger partial charge >= 0.3 is 0 Å². The first-order valence-electron chi connectivity index (χ1n) is 9.78. The summed E-state index contributed by atoms with van der Waals surface area (Å²) < 4.78 is 11.1. The molecule has 4 rings (SSSR count). The predicted octanol–water partition coefficient (Wildman–Crippen LogP) is 3.91. The molecule has 29 heavy (non-hydrogen) atoms. The number of nitrogens with zero attached hydrogens (tertiary/aromatic N) is 1. The Morgan fingerprint density at radius 2 is 1.72 bits per heavy atom. The number of ether oxygens (including phenoxy) is 2. The molecule has 1 fully saturated rings. The van der Waals surface area contributed by atoms with Gasteiger partial charge in [-0.05, 0) is 31.4 Å². The van der Waals surface area contributed by atoms with Crippen LogP contribution in [-0.4, -0.2) is 43.0 Å². The quantitative estimate of drug-likeness (QED) is 0.826. The Balaban J connectivity index is 1.37. The van der Waals surface area contributed by atoms with Crippen LogP contribution in [0.4, 0.5) is 5.69 Å². The van der Waals surface area contributed by atoms with E-state index in [1.54, 1.807) is 12.1 Å². The first-order valence-corrected chi connectivity index (χ1v) is 10.2. The van der Waals surface area contributed by atoms with Gasteiger partial charge in [0, 0.05) is 36.7 Å². The number of halogens is 1. The molecule has 2 aromatic rings. The minimum Gasteiger partial charge on any atom is -0.486 e. The SMILES string of the molecule is Cc1ccccc1C(=O)N1CCC(C(=O)Nc2cc3c(cc2Cl)OCCO3)CC1. The summed E-state index contributed by atoms with van der Waals surface area (Å²) in [5.41, 5.74) is 2.20. The molecule has 0 spiro atoms. The Kier molecular flexibility index (Phi) is 5.62. The highest BCUT2D eigenvalue weighted by Gasteiger charge is 2.29. The molecule has 2 heterocycles. The van der Waals surface area contributed by atoms with Crippen molar-refractivity contribution >= 4 is 29.1 Å². The lowest BCUT2D eigenvalue weighted by Gasteiger charge is -2.32. The summed E-state index contributed by atoms with van der Waals surface area (Å²) in [5.74, 6) is 0.931. The lowest BCUT2D eigenvalue weighted by atomic mass is 9.95. The molecule has 1 saturated heterocycles. The van der Waals surface area contributed by atoms with E-state index >= 15 is 0 Å². The monoisotopic (exact) mass is 414 g/mol. The molecule has 0 saturated carbocycles. The van der Waals surface area contributed by atoms with Crippen LogP contribution < -0.4 is 14.8 Å². The molecule has 152 valence electrons. The summed E-state index contributed by atoms with van der Waals surface area (Å²) >= 11 is 6.29. The molecule has 2 aliphatic rings. The molecule has 1 N–H and O–H groups in total. The molecule has 0 radical (unpaired) electrons. The summed E-state index contributed by atoms with van der Waals surface area (Å²) in [6, 6.07) is 10.9. The van der Waals surface area contributed by atoms with Crippen LogP contribution in [0.1, 0.15) is 28.8 Å². The summed E-state index contributed by atoms with van der Waals surface area (Å²) in [4.78, 5) is 27.3. The van der Waals surface area contributed by atoms with Gasteiger partial charge in [0.15, 0.2) is 11.5 Å². The van der Waals surface area contributed by atoms with Crippen molar-refractivity contribution in [1.29, 1.82) is 0 Å². The van der Waals surface area contributed by atoms with Gasteiger partial charge in [0.2, 0.25) is 5.91 Å². The van der Waals surface area contributed by atoms with E-state index in [1.165, 1.54) is 0 Å². The van der Waals surface area contributed by atoms with Gasteiger partial charge in [-0.15, -0.1) is 0 Å². The number of amides is 2. The van der Waals surface area contributed by atoms with Gasteiger partial charge < -0.3 is 19.7 Å². The number of nitrogens with one attached hydrogen (secondary N) is 1. The number of carbonyl (C=O) groups excluding carboxylic acids is 2. The first kappa shape index (κ1) is 19.6. The number of rotatable bonds is 3. The van der Waals surface area contributed by atoms with Crippen LogP contribution in [0.15, 0.2) is 36.4 Å². The van der Waals surface area contributed by atoms with Gasteiger partial charge in [-0.1, -0.05) is 29.8 Å². The van der Waals surface area contributed by atoms with Gasteiger partial charge in [0.1, 0.15) is 13.2 Å². The van der Waals surface area contributed by atoms with Crippen molar-refractivity contribution in [2.24, 2.45) is 5.92 Å². The molecule has 7 heteroatoms. The number of carbonyl (C=O) groups is 2. The fourth-order valence-electron chi connectivity index (χ4n) is 3.72.